The highest BCUT2D eigenvalue weighted by molar-refractivity contribution is 5.88. The summed E-state index contributed by atoms with van der Waals surface area (Å²) in [5.41, 5.74) is 0.843. The van der Waals surface area contributed by atoms with E-state index in [0.717, 1.165) is 5.69 Å². The van der Waals surface area contributed by atoms with Crippen LogP contribution in [-0.4, -0.2) is 5.91 Å². The van der Waals surface area contributed by atoms with Gasteiger partial charge in [-0.3, -0.25) is 4.79 Å². The highest BCUT2D eigenvalue weighted by Crippen LogP contribution is 2.03. The van der Waals surface area contributed by atoms with Gasteiger partial charge in [0, 0.05) is 14.0 Å². The third-order valence-electron chi connectivity index (χ3n) is 1.09. The Morgan fingerprint density at radius 2 is 2.00 bits per heavy atom. The Bertz CT molecular complexity index is 223. The van der Waals surface area contributed by atoms with E-state index in [2.05, 4.69) is 5.32 Å². The molecular weight excluding hydrogens is 126 g/mol. The van der Waals surface area contributed by atoms with Crippen LogP contribution < -0.4 is 5.32 Å². The quantitative estimate of drug-likeness (QED) is 0.629. The molecule has 0 bridgehead atoms. The van der Waals surface area contributed by atoms with Crippen LogP contribution in [0.1, 0.15) is 8.35 Å². The van der Waals surface area contributed by atoms with Gasteiger partial charge in [-0.05, 0) is 12.1 Å². The average Bonchev–Trinajstić information content (AvgIpc) is 1.88. The van der Waals surface area contributed by atoms with E-state index in [-0.39, 0.29) is 7.33 Å². The Labute approximate surface area is 61.4 Å². The Morgan fingerprint density at radius 3 is 2.50 bits per heavy atom. The van der Waals surface area contributed by atoms with E-state index in [4.69, 9.17) is 0 Å². The first-order chi connectivity index (χ1) is 4.79. The largest absolute Gasteiger partial charge is 0.326 e. The summed E-state index contributed by atoms with van der Waals surface area (Å²) < 4.78 is 0. The monoisotopic (exact) mass is 137 g/mol. The van der Waals surface area contributed by atoms with Crippen LogP contribution in [0, 0.1) is 0 Å². The number of hydrogen-bond donors (Lipinski definition) is 1. The first-order valence-electron chi connectivity index (χ1n) is 3.11. The molecule has 0 spiro atoms. The summed E-state index contributed by atoms with van der Waals surface area (Å²) >= 11 is 0. The number of carbonyl (C=O) groups excluding carboxylic acids is 1. The number of rotatable bonds is 1. The van der Waals surface area contributed by atoms with Crippen molar-refractivity contribution in [1.29, 1.82) is 0 Å². The Morgan fingerprint density at radius 1 is 1.40 bits per heavy atom. The lowest BCUT2D eigenvalue weighted by molar-refractivity contribution is -0.114. The van der Waals surface area contributed by atoms with Crippen LogP contribution in [0.5, 0.6) is 0 Å². The fraction of sp³-hybridized carbons (Fsp3) is 0.125. The summed E-state index contributed by atoms with van der Waals surface area (Å²) in [6.07, 6.45) is 0. The molecule has 1 N–H and O–H groups in total. The molecule has 1 aromatic carbocycles. The van der Waals surface area contributed by atoms with Gasteiger partial charge < -0.3 is 5.32 Å². The molecule has 0 fully saturated rings. The normalized spacial score (nSPS) is 8.90. The van der Waals surface area contributed by atoms with Gasteiger partial charge in [-0.25, -0.2) is 0 Å². The number of nitrogens with one attached hydrogen (secondary N) is 1. The van der Waals surface area contributed by atoms with Gasteiger partial charge in [-0.15, -0.1) is 0 Å². The Kier molecular flexibility index (Phi) is 2.05. The number of para-hydroxylation sites is 1. The molecule has 0 aliphatic heterocycles. The van der Waals surface area contributed by atoms with Crippen LogP contribution in [0.4, 0.5) is 5.69 Å². The summed E-state index contributed by atoms with van der Waals surface area (Å²) in [6, 6.07) is 9.37. The molecule has 0 heterocycles. The number of carbonyl (C=O) groups is 1. The van der Waals surface area contributed by atoms with Crippen LogP contribution in [0.2, 0.25) is 0 Å². The number of benzene rings is 1. The van der Waals surface area contributed by atoms with Crippen molar-refractivity contribution in [1.82, 2.24) is 0 Å². The fourth-order valence-corrected chi connectivity index (χ4v) is 0.725. The molecule has 0 aliphatic rings. The van der Waals surface area contributed by atoms with Crippen LogP contribution in [-0.2, 0) is 4.79 Å². The molecule has 0 saturated carbocycles. The van der Waals surface area contributed by atoms with Crippen LogP contribution in [0.3, 0.4) is 0 Å². The highest BCUT2D eigenvalue weighted by atomic mass is 16.1. The maximum atomic E-state index is 10.5. The van der Waals surface area contributed by atoms with Crippen molar-refractivity contribution in [2.24, 2.45) is 0 Å². The molecule has 0 saturated heterocycles. The van der Waals surface area contributed by atoms with E-state index in [1.165, 1.54) is 6.92 Å². The lowest BCUT2D eigenvalue weighted by atomic mass is 10.3. The van der Waals surface area contributed by atoms with E-state index in [0.29, 0.717) is 0 Å². The Hall–Kier alpha value is -1.31. The topological polar surface area (TPSA) is 29.1 Å². The molecule has 2 nitrogen and oxygen atoms in total. The van der Waals surface area contributed by atoms with Gasteiger partial charge in [-0.1, -0.05) is 18.2 Å². The zero-order chi connectivity index (χ0) is 7.40. The SMILES string of the molecule is CC(=O)Nc1ccccc1.[HH]. The number of anilines is 1. The summed E-state index contributed by atoms with van der Waals surface area (Å²) in [5.74, 6) is -0.0359. The van der Waals surface area contributed by atoms with Gasteiger partial charge in [0.25, 0.3) is 0 Å². The lowest BCUT2D eigenvalue weighted by Crippen LogP contribution is -2.04. The molecule has 0 aliphatic carbocycles. The highest BCUT2D eigenvalue weighted by Gasteiger charge is 1.90. The summed E-state index contributed by atoms with van der Waals surface area (Å²) in [4.78, 5) is 10.5. The standard InChI is InChI=1S/C8H9NO.H2/c1-7(10)9-8-5-3-2-4-6-8;/h2-6H,1H3,(H,9,10);1H. The van der Waals surface area contributed by atoms with E-state index < -0.39 is 0 Å². The van der Waals surface area contributed by atoms with Crippen LogP contribution in [0.15, 0.2) is 30.3 Å². The van der Waals surface area contributed by atoms with Crippen molar-refractivity contribution in [3.05, 3.63) is 30.3 Å². The molecule has 2 heteroatoms. The van der Waals surface area contributed by atoms with Crippen molar-refractivity contribution in [3.63, 3.8) is 0 Å². The lowest BCUT2D eigenvalue weighted by Gasteiger charge is -1.98. The molecule has 0 unspecified atom stereocenters. The first-order valence-corrected chi connectivity index (χ1v) is 3.11. The summed E-state index contributed by atoms with van der Waals surface area (Å²) in [7, 11) is 0. The molecule has 1 rings (SSSR count). The van der Waals surface area contributed by atoms with E-state index in [1.54, 1.807) is 0 Å². The van der Waals surface area contributed by atoms with Crippen molar-refractivity contribution in [3.8, 4) is 0 Å². The molecule has 1 aromatic rings. The Balaban J connectivity index is 0.000001000. The van der Waals surface area contributed by atoms with Gasteiger partial charge in [0.05, 0.1) is 0 Å². The number of hydrogen-bond acceptors (Lipinski definition) is 1. The van der Waals surface area contributed by atoms with Gasteiger partial charge in [0.2, 0.25) is 5.91 Å². The van der Waals surface area contributed by atoms with Gasteiger partial charge in [-0.2, -0.15) is 0 Å². The fourth-order valence-electron chi connectivity index (χ4n) is 0.725. The van der Waals surface area contributed by atoms with E-state index in [9.17, 15) is 4.79 Å². The van der Waals surface area contributed by atoms with Gasteiger partial charge >= 0.3 is 0 Å². The van der Waals surface area contributed by atoms with Crippen molar-refractivity contribution < 1.29 is 6.22 Å². The second-order valence-corrected chi connectivity index (χ2v) is 2.05. The molecule has 10 heavy (non-hydrogen) atoms. The summed E-state index contributed by atoms with van der Waals surface area (Å²) in [6.45, 7) is 1.49. The predicted molar refractivity (Wildman–Crippen MR) is 42.9 cm³/mol. The van der Waals surface area contributed by atoms with Gasteiger partial charge in [0.1, 0.15) is 0 Å². The van der Waals surface area contributed by atoms with Crippen LogP contribution >= 0.6 is 0 Å². The maximum Gasteiger partial charge on any atom is 0.221 e. The minimum atomic E-state index is -0.0359. The average molecular weight is 137 g/mol. The minimum absolute atomic E-state index is 0. The smallest absolute Gasteiger partial charge is 0.221 e. The second-order valence-electron chi connectivity index (χ2n) is 2.05. The zero-order valence-corrected chi connectivity index (χ0v) is 5.79. The zero-order valence-electron chi connectivity index (χ0n) is 5.79. The molecule has 0 atom stereocenters. The number of amides is 1. The molecular formula is C8H11NO. The predicted octanol–water partition coefficient (Wildman–Crippen LogP) is 1.89. The third-order valence-corrected chi connectivity index (χ3v) is 1.09. The van der Waals surface area contributed by atoms with Crippen molar-refractivity contribution in [2.75, 3.05) is 5.32 Å². The van der Waals surface area contributed by atoms with Crippen molar-refractivity contribution in [2.45, 2.75) is 6.92 Å². The maximum absolute atomic E-state index is 10.5. The molecule has 54 valence electrons. The summed E-state index contributed by atoms with van der Waals surface area (Å²) in [5, 5.41) is 2.67. The molecule has 1 amide bonds. The molecule has 0 radical (unpaired) electrons. The van der Waals surface area contributed by atoms with E-state index >= 15 is 0 Å². The first kappa shape index (κ1) is 6.81. The second kappa shape index (κ2) is 3.01. The minimum Gasteiger partial charge on any atom is -0.326 e. The third kappa shape index (κ3) is 1.90. The van der Waals surface area contributed by atoms with E-state index in [1.807, 2.05) is 30.3 Å². The van der Waals surface area contributed by atoms with Crippen LogP contribution in [0.25, 0.3) is 0 Å². The van der Waals surface area contributed by atoms with Crippen molar-refractivity contribution >= 4 is 11.6 Å². The molecule has 0 aromatic heterocycles. The van der Waals surface area contributed by atoms with Gasteiger partial charge in [0.15, 0.2) is 0 Å².